The molecule has 0 aliphatic carbocycles. The average Bonchev–Trinajstić information content (AvgIpc) is 3.22. The Morgan fingerprint density at radius 2 is 0.750 bits per heavy atom. The van der Waals surface area contributed by atoms with E-state index in [1.807, 2.05) is 0 Å². The maximum Gasteiger partial charge on any atom is 0.333 e. The number of carbonyl (C=O) groups excluding carboxylic acids is 4. The van der Waals surface area contributed by atoms with Crippen LogP contribution in [-0.4, -0.2) is 38.7 Å². The van der Waals surface area contributed by atoms with Gasteiger partial charge in [-0.2, -0.15) is 0 Å². The van der Waals surface area contributed by atoms with Crippen molar-refractivity contribution in [1.82, 2.24) is 0 Å². The van der Waals surface area contributed by atoms with Gasteiger partial charge in [-0.1, -0.05) is 195 Å². The van der Waals surface area contributed by atoms with E-state index in [4.69, 9.17) is 4.74 Å². The van der Waals surface area contributed by atoms with Gasteiger partial charge in [0, 0.05) is 18.4 Å². The summed E-state index contributed by atoms with van der Waals surface area (Å²) in [5.74, 6) is -0.216. The molecule has 0 amide bonds. The molecule has 0 bridgehead atoms. The van der Waals surface area contributed by atoms with E-state index in [1.165, 1.54) is 168 Å². The molecule has 0 N–H and O–H groups in total. The molecule has 0 fully saturated rings. The summed E-state index contributed by atoms with van der Waals surface area (Å²) < 4.78 is 9.38. The van der Waals surface area contributed by atoms with E-state index in [-0.39, 0.29) is 11.9 Å². The van der Waals surface area contributed by atoms with Crippen molar-refractivity contribution < 1.29 is 28.7 Å². The summed E-state index contributed by atoms with van der Waals surface area (Å²) in [6, 6.07) is 0. The highest BCUT2D eigenvalue weighted by Gasteiger charge is 2.08. The number of methoxy groups -OCH3 is 2. The molecule has 0 rings (SSSR count). The molecule has 6 heteroatoms. The average molecular weight is 793 g/mol. The molecule has 56 heavy (non-hydrogen) atoms. The van der Waals surface area contributed by atoms with Crippen molar-refractivity contribution in [3.05, 3.63) is 23.3 Å². The van der Waals surface area contributed by atoms with Crippen LogP contribution in [0.4, 0.5) is 0 Å². The lowest BCUT2D eigenvalue weighted by Crippen LogP contribution is -2.05. The largest absolute Gasteiger partial charge is 0.469 e. The lowest BCUT2D eigenvalue weighted by molar-refractivity contribution is -0.140. The van der Waals surface area contributed by atoms with E-state index in [0.717, 1.165) is 81.5 Å². The van der Waals surface area contributed by atoms with Crippen molar-refractivity contribution in [3.63, 3.8) is 0 Å². The molecule has 0 radical (unpaired) electrons. The number of aldehydes is 2. The molecule has 0 unspecified atom stereocenters. The minimum Gasteiger partial charge on any atom is -0.469 e. The fraction of sp³-hybridized carbons (Fsp3) is 0.840. The van der Waals surface area contributed by atoms with Crippen molar-refractivity contribution in [2.75, 3.05) is 14.2 Å². The van der Waals surface area contributed by atoms with Gasteiger partial charge in [0.15, 0.2) is 0 Å². The zero-order valence-electron chi connectivity index (χ0n) is 38.8. The standard InChI is InChI=1S/C17H32O2.C16H30O.C9H18O2.C8H16O/c1-4-6-8-10-11-13-15-16(17(18)19-3)14-12-9-7-5-2;1-3-5-7-9-10-12-14-16(15-17)13-11-8-6-4-2;1-3-4-5-6-7-8-9(10)11-2;1-2-3-4-5-6-7-8-9/h15H,4-14H2,1-3H3;14-15H,3-13H2,1-2H3;3-8H2,1-2H3;8H,2-7H2,1H3/b16-15+;16-14+;;. The van der Waals surface area contributed by atoms with Crippen LogP contribution in [-0.2, 0) is 28.7 Å². The number of allylic oxidation sites excluding steroid dienone is 3. The lowest BCUT2D eigenvalue weighted by Gasteiger charge is -2.05. The highest BCUT2D eigenvalue weighted by molar-refractivity contribution is 5.88. The summed E-state index contributed by atoms with van der Waals surface area (Å²) in [7, 11) is 2.91. The topological polar surface area (TPSA) is 86.7 Å². The van der Waals surface area contributed by atoms with Crippen molar-refractivity contribution in [2.45, 2.75) is 260 Å². The zero-order valence-corrected chi connectivity index (χ0v) is 38.8. The number of ether oxygens (including phenoxy) is 2. The van der Waals surface area contributed by atoms with Crippen LogP contribution in [0.2, 0.25) is 0 Å². The number of hydrogen-bond donors (Lipinski definition) is 0. The Kier molecular flexibility index (Phi) is 61.6. The summed E-state index contributed by atoms with van der Waals surface area (Å²) in [5.41, 5.74) is 1.91. The monoisotopic (exact) mass is 793 g/mol. The summed E-state index contributed by atoms with van der Waals surface area (Å²) in [5, 5.41) is 0. The summed E-state index contributed by atoms with van der Waals surface area (Å²) >= 11 is 0. The van der Waals surface area contributed by atoms with Crippen molar-refractivity contribution in [1.29, 1.82) is 0 Å². The Balaban J connectivity index is -0.000000335. The van der Waals surface area contributed by atoms with Crippen LogP contribution in [0.15, 0.2) is 23.3 Å². The smallest absolute Gasteiger partial charge is 0.333 e. The third-order valence-corrected chi connectivity index (χ3v) is 9.77. The molecule has 0 aromatic carbocycles. The molecule has 332 valence electrons. The van der Waals surface area contributed by atoms with Gasteiger partial charge in [-0.3, -0.25) is 9.59 Å². The van der Waals surface area contributed by atoms with E-state index in [2.05, 4.69) is 58.4 Å². The molecular formula is C50H96O6. The van der Waals surface area contributed by atoms with Crippen LogP contribution in [0.25, 0.3) is 0 Å². The Hall–Kier alpha value is -2.24. The Morgan fingerprint density at radius 3 is 1.14 bits per heavy atom. The number of unbranched alkanes of at least 4 members (excludes halogenated alkanes) is 25. The van der Waals surface area contributed by atoms with Crippen LogP contribution < -0.4 is 0 Å². The molecule has 0 saturated carbocycles. The SMILES string of the molecule is CCCCCCC/C=C(/C=O)CCCCCC.CCCCCCC/C=C(\CCCCCC)C(=O)OC.CCCCCCCC(=O)OC.CCCCCCCC=O. The normalized spacial score (nSPS) is 10.9. The summed E-state index contributed by atoms with van der Waals surface area (Å²) in [6.45, 7) is 13.3. The molecule has 0 atom stereocenters. The molecule has 0 spiro atoms. The van der Waals surface area contributed by atoms with E-state index in [1.54, 1.807) is 0 Å². The van der Waals surface area contributed by atoms with E-state index in [0.29, 0.717) is 6.42 Å². The number of carbonyl (C=O) groups is 4. The fourth-order valence-corrected chi connectivity index (χ4v) is 5.99. The molecule has 0 aliphatic rings. The first kappa shape index (κ1) is 60.4. The number of hydrogen-bond acceptors (Lipinski definition) is 6. The lowest BCUT2D eigenvalue weighted by atomic mass is 10.0. The predicted molar refractivity (Wildman–Crippen MR) is 243 cm³/mol. The number of rotatable bonds is 36. The first-order valence-corrected chi connectivity index (χ1v) is 23.7. The highest BCUT2D eigenvalue weighted by Crippen LogP contribution is 2.15. The molecule has 0 aromatic heterocycles. The van der Waals surface area contributed by atoms with Crippen molar-refractivity contribution in [3.8, 4) is 0 Å². The minimum absolute atomic E-state index is 0.0819. The molecule has 0 saturated heterocycles. The van der Waals surface area contributed by atoms with Crippen LogP contribution in [0, 0.1) is 0 Å². The maximum absolute atomic E-state index is 11.7. The van der Waals surface area contributed by atoms with E-state index in [9.17, 15) is 19.2 Å². The molecule has 0 heterocycles. The maximum atomic E-state index is 11.7. The third kappa shape index (κ3) is 56.1. The first-order chi connectivity index (χ1) is 27.3. The summed E-state index contributed by atoms with van der Waals surface area (Å²) in [4.78, 5) is 43.0. The molecular weight excluding hydrogens is 697 g/mol. The summed E-state index contributed by atoms with van der Waals surface area (Å²) in [6.07, 6.45) is 46.5. The molecule has 0 aliphatic heterocycles. The minimum atomic E-state index is -0.134. The van der Waals surface area contributed by atoms with Gasteiger partial charge in [0.25, 0.3) is 0 Å². The van der Waals surface area contributed by atoms with Gasteiger partial charge in [-0.05, 0) is 69.8 Å². The Morgan fingerprint density at radius 1 is 0.393 bits per heavy atom. The number of esters is 2. The van der Waals surface area contributed by atoms with Gasteiger partial charge in [0.05, 0.1) is 14.2 Å². The van der Waals surface area contributed by atoms with Gasteiger partial charge in [-0.15, -0.1) is 0 Å². The van der Waals surface area contributed by atoms with Crippen LogP contribution in [0.5, 0.6) is 0 Å². The second kappa shape index (κ2) is 57.1. The quantitative estimate of drug-likeness (QED) is 0.0272. The van der Waals surface area contributed by atoms with Gasteiger partial charge < -0.3 is 14.3 Å². The third-order valence-electron chi connectivity index (χ3n) is 9.77. The first-order valence-electron chi connectivity index (χ1n) is 23.7. The Labute approximate surface area is 349 Å². The second-order valence-corrected chi connectivity index (χ2v) is 15.3. The predicted octanol–water partition coefficient (Wildman–Crippen LogP) is 15.9. The Bertz CT molecular complexity index is 862. The van der Waals surface area contributed by atoms with Gasteiger partial charge >= 0.3 is 11.9 Å². The van der Waals surface area contributed by atoms with E-state index < -0.39 is 0 Å². The second-order valence-electron chi connectivity index (χ2n) is 15.3. The van der Waals surface area contributed by atoms with Crippen molar-refractivity contribution in [2.24, 2.45) is 0 Å². The zero-order chi connectivity index (χ0) is 42.6. The van der Waals surface area contributed by atoms with Gasteiger partial charge in [0.1, 0.15) is 12.6 Å². The van der Waals surface area contributed by atoms with Crippen LogP contribution in [0.1, 0.15) is 260 Å². The van der Waals surface area contributed by atoms with Gasteiger partial charge in [-0.25, -0.2) is 4.79 Å². The highest BCUT2D eigenvalue weighted by atomic mass is 16.5. The van der Waals surface area contributed by atoms with E-state index >= 15 is 0 Å². The molecule has 0 aromatic rings. The molecule has 6 nitrogen and oxygen atoms in total. The van der Waals surface area contributed by atoms with Gasteiger partial charge in [0.2, 0.25) is 0 Å². The van der Waals surface area contributed by atoms with Crippen LogP contribution in [0.3, 0.4) is 0 Å². The van der Waals surface area contributed by atoms with Crippen molar-refractivity contribution >= 4 is 24.5 Å². The van der Waals surface area contributed by atoms with Crippen LogP contribution >= 0.6 is 0 Å². The fourth-order valence-electron chi connectivity index (χ4n) is 5.99.